The Morgan fingerprint density at radius 1 is 1.26 bits per heavy atom. The maximum Gasteiger partial charge on any atom is 0.573 e. The van der Waals surface area contributed by atoms with Crippen molar-refractivity contribution < 1.29 is 22.7 Å². The van der Waals surface area contributed by atoms with Crippen LogP contribution in [0.25, 0.3) is 0 Å². The molecule has 2 aromatic rings. The van der Waals surface area contributed by atoms with Crippen LogP contribution in [-0.2, 0) is 0 Å². The van der Waals surface area contributed by atoms with Crippen molar-refractivity contribution in [1.29, 1.82) is 0 Å². The second-order valence-electron chi connectivity index (χ2n) is 3.46. The maximum atomic E-state index is 11.9. The van der Waals surface area contributed by atoms with E-state index in [4.69, 9.17) is 0 Å². The number of benzene rings is 1. The van der Waals surface area contributed by atoms with E-state index < -0.39 is 12.3 Å². The second kappa shape index (κ2) is 5.01. The predicted molar refractivity (Wildman–Crippen MR) is 59.7 cm³/mol. The van der Waals surface area contributed by atoms with Crippen molar-refractivity contribution in [1.82, 2.24) is 9.97 Å². The number of rotatable bonds is 3. The van der Waals surface area contributed by atoms with E-state index >= 15 is 0 Å². The van der Waals surface area contributed by atoms with Crippen LogP contribution in [0, 0.1) is 0 Å². The van der Waals surface area contributed by atoms with Gasteiger partial charge in [0.1, 0.15) is 5.75 Å². The second-order valence-corrected chi connectivity index (χ2v) is 3.46. The van der Waals surface area contributed by atoms with Crippen molar-refractivity contribution in [2.24, 2.45) is 0 Å². The fourth-order valence-electron chi connectivity index (χ4n) is 1.32. The number of anilines is 1. The summed E-state index contributed by atoms with van der Waals surface area (Å²) in [4.78, 5) is 18.1. The van der Waals surface area contributed by atoms with Crippen molar-refractivity contribution in [3.05, 3.63) is 42.2 Å². The predicted octanol–water partition coefficient (Wildman–Crippen LogP) is 2.56. The number of halogens is 3. The minimum atomic E-state index is -4.75. The smallest absolute Gasteiger partial charge is 0.406 e. The van der Waals surface area contributed by atoms with E-state index in [0.717, 1.165) is 12.1 Å². The van der Waals surface area contributed by atoms with Gasteiger partial charge in [0.2, 0.25) is 5.95 Å². The first kappa shape index (κ1) is 12.9. The highest BCUT2D eigenvalue weighted by atomic mass is 19.4. The van der Waals surface area contributed by atoms with Crippen LogP contribution in [0.4, 0.5) is 19.1 Å². The molecule has 0 saturated heterocycles. The Kier molecular flexibility index (Phi) is 3.41. The average molecular weight is 271 g/mol. The van der Waals surface area contributed by atoms with Gasteiger partial charge >= 0.3 is 6.36 Å². The van der Waals surface area contributed by atoms with Crippen molar-refractivity contribution >= 4 is 11.9 Å². The third-order valence-corrected chi connectivity index (χ3v) is 2.08. The van der Waals surface area contributed by atoms with Crippen LogP contribution in [0.1, 0.15) is 10.4 Å². The van der Waals surface area contributed by atoms with Gasteiger partial charge in [-0.1, -0.05) is 0 Å². The van der Waals surface area contributed by atoms with Crippen LogP contribution < -0.4 is 10.1 Å². The Morgan fingerprint density at radius 2 is 1.95 bits per heavy atom. The number of carbonyl (C=O) groups excluding carboxylic acids is 1. The Balaban J connectivity index is 2.04. The van der Waals surface area contributed by atoms with Crippen LogP contribution in [0.3, 0.4) is 0 Å². The molecule has 0 bridgehead atoms. The van der Waals surface area contributed by atoms with Gasteiger partial charge in [0, 0.05) is 18.0 Å². The number of hydrogen-bond donors (Lipinski definition) is 2. The van der Waals surface area contributed by atoms with Gasteiger partial charge in [0.05, 0.1) is 0 Å². The maximum absolute atomic E-state index is 11.9. The van der Waals surface area contributed by atoms with Crippen molar-refractivity contribution in [3.63, 3.8) is 0 Å². The molecule has 1 aromatic heterocycles. The van der Waals surface area contributed by atoms with Crippen LogP contribution >= 0.6 is 0 Å². The number of hydrogen-bond acceptors (Lipinski definition) is 3. The van der Waals surface area contributed by atoms with Crippen LogP contribution in [0.5, 0.6) is 5.75 Å². The van der Waals surface area contributed by atoms with Gasteiger partial charge in [-0.15, -0.1) is 13.2 Å². The first-order valence-electron chi connectivity index (χ1n) is 5.10. The molecule has 0 aliphatic rings. The molecule has 0 radical (unpaired) electrons. The number of nitrogens with zero attached hydrogens (tertiary/aromatic N) is 1. The molecule has 0 spiro atoms. The summed E-state index contributed by atoms with van der Waals surface area (Å²) in [6.07, 6.45) is -1.77. The van der Waals surface area contributed by atoms with Crippen LogP contribution in [0.2, 0.25) is 0 Å². The molecule has 0 unspecified atom stereocenters. The van der Waals surface area contributed by atoms with E-state index in [1.54, 1.807) is 0 Å². The number of ether oxygens (including phenoxy) is 1. The number of alkyl halides is 3. The Bertz CT molecular complexity index is 550. The molecule has 0 aliphatic carbocycles. The molecule has 8 heteroatoms. The molecule has 2 N–H and O–H groups in total. The molecule has 0 saturated carbocycles. The van der Waals surface area contributed by atoms with Crippen molar-refractivity contribution in [3.8, 4) is 5.75 Å². The lowest BCUT2D eigenvalue weighted by Crippen LogP contribution is -2.17. The minimum Gasteiger partial charge on any atom is -0.406 e. The summed E-state index contributed by atoms with van der Waals surface area (Å²) < 4.78 is 39.5. The molecule has 19 heavy (non-hydrogen) atoms. The molecule has 1 heterocycles. The molecule has 0 atom stereocenters. The number of nitrogens with one attached hydrogen (secondary N) is 2. The first-order valence-corrected chi connectivity index (χ1v) is 5.10. The fourth-order valence-corrected chi connectivity index (χ4v) is 1.32. The molecule has 1 amide bonds. The van der Waals surface area contributed by atoms with E-state index in [-0.39, 0.29) is 17.3 Å². The summed E-state index contributed by atoms with van der Waals surface area (Å²) in [7, 11) is 0. The molecule has 1 aromatic carbocycles. The Hall–Kier alpha value is -2.51. The highest BCUT2D eigenvalue weighted by molar-refractivity contribution is 6.03. The van der Waals surface area contributed by atoms with Gasteiger partial charge in [0.15, 0.2) is 0 Å². The van der Waals surface area contributed by atoms with Gasteiger partial charge in [-0.05, 0) is 24.3 Å². The lowest BCUT2D eigenvalue weighted by atomic mass is 10.2. The Morgan fingerprint density at radius 3 is 2.47 bits per heavy atom. The highest BCUT2D eigenvalue weighted by Crippen LogP contribution is 2.22. The third kappa shape index (κ3) is 3.73. The van der Waals surface area contributed by atoms with Crippen molar-refractivity contribution in [2.75, 3.05) is 5.32 Å². The van der Waals surface area contributed by atoms with E-state index in [2.05, 4.69) is 20.0 Å². The standard InChI is InChI=1S/C11H8F3N3O2/c12-11(13,14)19-8-3-1-7(2-4-8)9(18)17-10-15-5-6-16-10/h1-6H,(H2,15,16,17,18). The zero-order valence-corrected chi connectivity index (χ0v) is 9.36. The molecule has 0 aliphatic heterocycles. The zero-order chi connectivity index (χ0) is 13.9. The number of amides is 1. The molecular formula is C11H8F3N3O2. The molecular weight excluding hydrogens is 263 g/mol. The van der Waals surface area contributed by atoms with Gasteiger partial charge < -0.3 is 9.72 Å². The number of H-pyrrole nitrogens is 1. The summed E-state index contributed by atoms with van der Waals surface area (Å²) >= 11 is 0. The SMILES string of the molecule is O=C(Nc1ncc[nH]1)c1ccc(OC(F)(F)F)cc1. The topological polar surface area (TPSA) is 67.0 Å². The van der Waals surface area contributed by atoms with Crippen LogP contribution in [0.15, 0.2) is 36.7 Å². The average Bonchev–Trinajstić information content (AvgIpc) is 2.80. The van der Waals surface area contributed by atoms with Crippen LogP contribution in [-0.4, -0.2) is 22.2 Å². The Labute approximate surface area is 105 Å². The largest absolute Gasteiger partial charge is 0.573 e. The quantitative estimate of drug-likeness (QED) is 0.901. The monoisotopic (exact) mass is 271 g/mol. The van der Waals surface area contributed by atoms with Gasteiger partial charge in [-0.2, -0.15) is 0 Å². The molecule has 0 fully saturated rings. The molecule has 2 rings (SSSR count). The van der Waals surface area contributed by atoms with Gasteiger partial charge in [0.25, 0.3) is 5.91 Å². The number of aromatic amines is 1. The molecule has 100 valence electrons. The van der Waals surface area contributed by atoms with E-state index in [1.165, 1.54) is 24.5 Å². The van der Waals surface area contributed by atoms with E-state index in [1.807, 2.05) is 0 Å². The fraction of sp³-hybridized carbons (Fsp3) is 0.0909. The number of carbonyl (C=O) groups is 1. The summed E-state index contributed by atoms with van der Waals surface area (Å²) in [6.45, 7) is 0. The third-order valence-electron chi connectivity index (χ3n) is 2.08. The first-order chi connectivity index (χ1) is 8.94. The highest BCUT2D eigenvalue weighted by Gasteiger charge is 2.31. The van der Waals surface area contributed by atoms with E-state index in [0.29, 0.717) is 0 Å². The normalized spacial score (nSPS) is 11.1. The van der Waals surface area contributed by atoms with Crippen molar-refractivity contribution in [2.45, 2.75) is 6.36 Å². The zero-order valence-electron chi connectivity index (χ0n) is 9.36. The van der Waals surface area contributed by atoms with E-state index in [9.17, 15) is 18.0 Å². The number of imidazole rings is 1. The minimum absolute atomic E-state index is 0.186. The lowest BCUT2D eigenvalue weighted by molar-refractivity contribution is -0.274. The summed E-state index contributed by atoms with van der Waals surface area (Å²) in [5, 5.41) is 2.44. The lowest BCUT2D eigenvalue weighted by Gasteiger charge is -2.09. The summed E-state index contributed by atoms with van der Waals surface area (Å²) in [6, 6.07) is 4.56. The summed E-state index contributed by atoms with van der Waals surface area (Å²) in [5.41, 5.74) is 0.186. The van der Waals surface area contributed by atoms with Gasteiger partial charge in [-0.25, -0.2) is 4.98 Å². The summed E-state index contributed by atoms with van der Waals surface area (Å²) in [5.74, 6) is -0.629. The number of aromatic nitrogens is 2. The van der Waals surface area contributed by atoms with Gasteiger partial charge in [-0.3, -0.25) is 10.1 Å². The molecule has 5 nitrogen and oxygen atoms in total.